The number of rotatable bonds is 6. The lowest BCUT2D eigenvalue weighted by molar-refractivity contribution is -0.274. The van der Waals surface area contributed by atoms with Crippen molar-refractivity contribution in [2.45, 2.75) is 32.3 Å². The number of carbonyl (C=O) groups excluding carboxylic acids is 2. The minimum atomic E-state index is -4.77. The summed E-state index contributed by atoms with van der Waals surface area (Å²) >= 11 is 0. The van der Waals surface area contributed by atoms with Crippen molar-refractivity contribution in [2.75, 3.05) is 25.5 Å². The van der Waals surface area contributed by atoms with Crippen LogP contribution in [0.2, 0.25) is 0 Å². The molecule has 1 aliphatic heterocycles. The lowest BCUT2D eigenvalue weighted by Gasteiger charge is -2.33. The number of benzene rings is 2. The van der Waals surface area contributed by atoms with Gasteiger partial charge in [-0.25, -0.2) is 0 Å². The van der Waals surface area contributed by atoms with Crippen LogP contribution < -0.4 is 10.1 Å². The Bertz CT molecular complexity index is 932. The molecule has 9 heteroatoms. The summed E-state index contributed by atoms with van der Waals surface area (Å²) in [6.07, 6.45) is -3.97. The molecule has 1 aliphatic rings. The minimum Gasteiger partial charge on any atom is -0.406 e. The van der Waals surface area contributed by atoms with E-state index in [1.54, 1.807) is 23.8 Å². The fourth-order valence-electron chi connectivity index (χ4n) is 3.44. The van der Waals surface area contributed by atoms with Crippen molar-refractivity contribution >= 4 is 17.5 Å². The second-order valence-electron chi connectivity index (χ2n) is 7.49. The van der Waals surface area contributed by atoms with Gasteiger partial charge in [-0.1, -0.05) is 24.3 Å². The molecular weight excluding hydrogens is 411 g/mol. The molecule has 1 N–H and O–H groups in total. The maximum atomic E-state index is 12.9. The summed E-state index contributed by atoms with van der Waals surface area (Å²) in [6, 6.07) is 12.4. The molecule has 1 heterocycles. The van der Waals surface area contributed by atoms with Gasteiger partial charge in [-0.15, -0.1) is 13.2 Å². The highest BCUT2D eigenvalue weighted by Crippen LogP contribution is 2.24. The van der Waals surface area contributed by atoms with Crippen LogP contribution in [0.15, 0.2) is 48.5 Å². The average molecular weight is 435 g/mol. The first-order valence-corrected chi connectivity index (χ1v) is 9.84. The Kier molecular flexibility index (Phi) is 6.84. The maximum absolute atomic E-state index is 12.9. The molecule has 0 unspecified atom stereocenters. The van der Waals surface area contributed by atoms with Gasteiger partial charge in [0.05, 0.1) is 12.6 Å². The van der Waals surface area contributed by atoms with E-state index >= 15 is 0 Å². The van der Waals surface area contributed by atoms with Crippen LogP contribution in [0.4, 0.5) is 18.9 Å². The number of nitrogens with zero attached hydrogens (tertiary/aromatic N) is 2. The van der Waals surface area contributed by atoms with Crippen LogP contribution in [0.1, 0.15) is 18.1 Å². The van der Waals surface area contributed by atoms with E-state index in [2.05, 4.69) is 16.1 Å². The van der Waals surface area contributed by atoms with Gasteiger partial charge in [0.2, 0.25) is 11.8 Å². The normalized spacial score (nSPS) is 14.7. The van der Waals surface area contributed by atoms with Crippen molar-refractivity contribution in [1.82, 2.24) is 9.80 Å². The lowest BCUT2D eigenvalue weighted by Crippen LogP contribution is -2.49. The zero-order valence-corrected chi connectivity index (χ0v) is 17.3. The molecule has 3 rings (SSSR count). The molecule has 0 aromatic heterocycles. The van der Waals surface area contributed by atoms with Gasteiger partial charge in [0.25, 0.3) is 0 Å². The van der Waals surface area contributed by atoms with Gasteiger partial charge in [0.15, 0.2) is 0 Å². The number of anilines is 1. The molecule has 2 aromatic rings. The van der Waals surface area contributed by atoms with Crippen LogP contribution in [0.5, 0.6) is 5.75 Å². The van der Waals surface area contributed by atoms with Crippen LogP contribution in [-0.4, -0.2) is 54.2 Å². The van der Waals surface area contributed by atoms with Crippen LogP contribution in [0.25, 0.3) is 0 Å². The number of halogens is 3. The van der Waals surface area contributed by atoms with E-state index in [-0.39, 0.29) is 24.1 Å². The monoisotopic (exact) mass is 435 g/mol. The topological polar surface area (TPSA) is 61.9 Å². The largest absolute Gasteiger partial charge is 0.573 e. The first-order chi connectivity index (χ1) is 14.6. The van der Waals surface area contributed by atoms with Crippen molar-refractivity contribution in [3.8, 4) is 5.75 Å². The van der Waals surface area contributed by atoms with Crippen LogP contribution in [0, 0.1) is 0 Å². The summed E-state index contributed by atoms with van der Waals surface area (Å²) in [5.74, 6) is -0.806. The lowest BCUT2D eigenvalue weighted by atomic mass is 9.99. The smallest absolute Gasteiger partial charge is 0.406 e. The van der Waals surface area contributed by atoms with E-state index in [0.717, 1.165) is 24.1 Å². The van der Waals surface area contributed by atoms with Gasteiger partial charge in [0, 0.05) is 18.8 Å². The molecule has 0 spiro atoms. The van der Waals surface area contributed by atoms with Crippen LogP contribution in [-0.2, 0) is 22.6 Å². The Morgan fingerprint density at radius 1 is 1.13 bits per heavy atom. The highest BCUT2D eigenvalue weighted by molar-refractivity contribution is 5.93. The van der Waals surface area contributed by atoms with E-state index in [1.165, 1.54) is 17.7 Å². The zero-order chi connectivity index (χ0) is 22.6. The van der Waals surface area contributed by atoms with Crippen molar-refractivity contribution < 1.29 is 27.5 Å². The Morgan fingerprint density at radius 2 is 1.77 bits per heavy atom. The molecule has 2 aromatic carbocycles. The Balaban J connectivity index is 1.51. The third-order valence-electron chi connectivity index (χ3n) is 5.23. The summed E-state index contributed by atoms with van der Waals surface area (Å²) in [7, 11) is 1.68. The van der Waals surface area contributed by atoms with Gasteiger partial charge in [-0.05, 0) is 55.8 Å². The standard InChI is InChI=1S/C22H24F3N3O3/c1-15(21(30)28-12-11-16-5-3-4-6-17(16)13-28)27(2)14-20(29)26-18-7-9-19(10-8-18)31-22(23,24)25/h3-10,15H,11-14H2,1-2H3,(H,26,29)/t15-/m0/s1. The number of fused-ring (bicyclic) bond motifs is 1. The summed E-state index contributed by atoms with van der Waals surface area (Å²) in [4.78, 5) is 28.6. The molecule has 0 saturated carbocycles. The molecule has 0 aliphatic carbocycles. The van der Waals surface area contributed by atoms with Crippen molar-refractivity contribution in [2.24, 2.45) is 0 Å². The van der Waals surface area contributed by atoms with Gasteiger partial charge in [-0.2, -0.15) is 0 Å². The maximum Gasteiger partial charge on any atom is 0.573 e. The summed E-state index contributed by atoms with van der Waals surface area (Å²) in [6.45, 7) is 2.88. The molecule has 166 valence electrons. The van der Waals surface area contributed by atoms with E-state index in [0.29, 0.717) is 18.8 Å². The van der Waals surface area contributed by atoms with E-state index in [4.69, 9.17) is 0 Å². The van der Waals surface area contributed by atoms with E-state index < -0.39 is 12.4 Å². The predicted molar refractivity (Wildman–Crippen MR) is 109 cm³/mol. The van der Waals surface area contributed by atoms with Crippen LogP contribution in [0.3, 0.4) is 0 Å². The molecule has 0 bridgehead atoms. The molecule has 31 heavy (non-hydrogen) atoms. The van der Waals surface area contributed by atoms with Gasteiger partial charge in [-0.3, -0.25) is 14.5 Å². The number of hydrogen-bond donors (Lipinski definition) is 1. The number of nitrogens with one attached hydrogen (secondary N) is 1. The zero-order valence-electron chi connectivity index (χ0n) is 17.3. The molecule has 0 radical (unpaired) electrons. The van der Waals surface area contributed by atoms with Gasteiger partial charge >= 0.3 is 6.36 Å². The average Bonchev–Trinajstić information content (AvgIpc) is 2.72. The first kappa shape index (κ1) is 22.6. The fraction of sp³-hybridized carbons (Fsp3) is 0.364. The molecule has 6 nitrogen and oxygen atoms in total. The van der Waals surface area contributed by atoms with Crippen molar-refractivity contribution in [3.63, 3.8) is 0 Å². The minimum absolute atomic E-state index is 0.0435. The van der Waals surface area contributed by atoms with E-state index in [9.17, 15) is 22.8 Å². The molecular formula is C22H24F3N3O3. The predicted octanol–water partition coefficient (Wildman–Crippen LogP) is 3.43. The quantitative estimate of drug-likeness (QED) is 0.755. The van der Waals surface area contributed by atoms with Gasteiger partial charge in [0.1, 0.15) is 5.75 Å². The number of likely N-dealkylation sites (N-methyl/N-ethyl adjacent to an activating group) is 1. The summed E-state index contributed by atoms with van der Waals surface area (Å²) < 4.78 is 40.4. The number of carbonyl (C=O) groups is 2. The Morgan fingerprint density at radius 3 is 2.42 bits per heavy atom. The van der Waals surface area contributed by atoms with Crippen molar-refractivity contribution in [1.29, 1.82) is 0 Å². The van der Waals surface area contributed by atoms with Crippen LogP contribution >= 0.6 is 0 Å². The second-order valence-corrected chi connectivity index (χ2v) is 7.49. The number of ether oxygens (including phenoxy) is 1. The number of alkyl halides is 3. The van der Waals surface area contributed by atoms with Crippen molar-refractivity contribution in [3.05, 3.63) is 59.7 Å². The highest BCUT2D eigenvalue weighted by atomic mass is 19.4. The second kappa shape index (κ2) is 9.38. The molecule has 2 amide bonds. The Hall–Kier alpha value is -3.07. The molecule has 0 saturated heterocycles. The first-order valence-electron chi connectivity index (χ1n) is 9.84. The fourth-order valence-corrected chi connectivity index (χ4v) is 3.44. The van der Waals surface area contributed by atoms with E-state index in [1.807, 2.05) is 18.2 Å². The third kappa shape index (κ3) is 6.21. The molecule has 0 fully saturated rings. The summed E-state index contributed by atoms with van der Waals surface area (Å²) in [5, 5.41) is 2.61. The number of hydrogen-bond acceptors (Lipinski definition) is 4. The van der Waals surface area contributed by atoms with Gasteiger partial charge < -0.3 is 15.0 Å². The third-order valence-corrected chi connectivity index (χ3v) is 5.23. The summed E-state index contributed by atoms with van der Waals surface area (Å²) in [5.41, 5.74) is 2.71. The molecule has 1 atom stereocenters. The SMILES string of the molecule is C[C@@H](C(=O)N1CCc2ccccc2C1)N(C)CC(=O)Nc1ccc(OC(F)(F)F)cc1. The highest BCUT2D eigenvalue weighted by Gasteiger charge is 2.31. The Labute approximate surface area is 178 Å². The number of amides is 2.